The lowest BCUT2D eigenvalue weighted by Gasteiger charge is -2.19. The first-order valence-electron chi connectivity index (χ1n) is 7.58. The summed E-state index contributed by atoms with van der Waals surface area (Å²) >= 11 is 0. The molecule has 1 aromatic heterocycles. The summed E-state index contributed by atoms with van der Waals surface area (Å²) in [6.45, 7) is 11.6. The molecule has 1 unspecified atom stereocenters. The number of hydrogen-bond donors (Lipinski definition) is 1. The van der Waals surface area contributed by atoms with Gasteiger partial charge < -0.3 is 5.73 Å². The molecule has 0 aliphatic rings. The summed E-state index contributed by atoms with van der Waals surface area (Å²) in [4.78, 5) is 4.38. The molecule has 2 N–H and O–H groups in total. The van der Waals surface area contributed by atoms with Crippen molar-refractivity contribution in [1.29, 1.82) is 0 Å². The monoisotopic (exact) mass is 286 g/mol. The van der Waals surface area contributed by atoms with Gasteiger partial charge in [-0.15, -0.1) is 0 Å². The highest BCUT2D eigenvalue weighted by atomic mass is 15.3. The zero-order valence-corrected chi connectivity index (χ0v) is 13.7. The molecule has 2 rings (SSSR count). The summed E-state index contributed by atoms with van der Waals surface area (Å²) in [5.41, 5.74) is 11.5. The molecule has 1 atom stereocenters. The number of nitrogens with zero attached hydrogens (tertiary/aromatic N) is 3. The number of aromatic nitrogens is 3. The minimum absolute atomic E-state index is 0.0410. The van der Waals surface area contributed by atoms with E-state index in [1.807, 2.05) is 4.68 Å². The molecule has 0 bridgehead atoms. The summed E-state index contributed by atoms with van der Waals surface area (Å²) < 4.78 is 1.98. The van der Waals surface area contributed by atoms with Crippen molar-refractivity contribution in [3.05, 3.63) is 46.5 Å². The minimum Gasteiger partial charge on any atom is -0.324 e. The molecule has 0 saturated carbocycles. The molecule has 0 aliphatic heterocycles. The van der Waals surface area contributed by atoms with Gasteiger partial charge in [0.1, 0.15) is 12.2 Å². The number of aryl methyl sites for hydroxylation is 3. The standard InChI is InChI=1S/C17H26N4/c1-11(2)9-21-16(19-10-20-21)8-15(18)17-13(4)6-12(3)7-14(17)5/h6-7,10-11,15H,8-9,18H2,1-5H3. The Balaban J connectivity index is 2.23. The van der Waals surface area contributed by atoms with E-state index in [1.165, 1.54) is 22.3 Å². The lowest BCUT2D eigenvalue weighted by Crippen LogP contribution is -2.20. The first-order valence-corrected chi connectivity index (χ1v) is 7.58. The molecule has 0 saturated heterocycles. The van der Waals surface area contributed by atoms with Crippen LogP contribution in [0, 0.1) is 26.7 Å². The van der Waals surface area contributed by atoms with Crippen molar-refractivity contribution < 1.29 is 0 Å². The molecule has 1 aromatic carbocycles. The van der Waals surface area contributed by atoms with Crippen molar-refractivity contribution in [1.82, 2.24) is 14.8 Å². The Bertz CT molecular complexity index is 590. The molecule has 1 heterocycles. The van der Waals surface area contributed by atoms with Gasteiger partial charge in [0.25, 0.3) is 0 Å². The molecule has 4 heteroatoms. The van der Waals surface area contributed by atoms with Crippen LogP contribution in [0.4, 0.5) is 0 Å². The normalized spacial score (nSPS) is 12.9. The van der Waals surface area contributed by atoms with Gasteiger partial charge in [0.2, 0.25) is 0 Å². The van der Waals surface area contributed by atoms with Crippen LogP contribution >= 0.6 is 0 Å². The van der Waals surface area contributed by atoms with E-state index in [9.17, 15) is 0 Å². The Labute approximate surface area is 127 Å². The molecule has 0 spiro atoms. The maximum absolute atomic E-state index is 6.46. The van der Waals surface area contributed by atoms with Crippen LogP contribution in [0.25, 0.3) is 0 Å². The number of benzene rings is 1. The number of hydrogen-bond acceptors (Lipinski definition) is 3. The fourth-order valence-electron chi connectivity index (χ4n) is 3.02. The summed E-state index contributed by atoms with van der Waals surface area (Å²) in [5, 5.41) is 4.31. The highest BCUT2D eigenvalue weighted by molar-refractivity contribution is 5.39. The van der Waals surface area contributed by atoms with Gasteiger partial charge in [0.15, 0.2) is 0 Å². The summed E-state index contributed by atoms with van der Waals surface area (Å²) in [6.07, 6.45) is 2.34. The fourth-order valence-corrected chi connectivity index (χ4v) is 3.02. The van der Waals surface area contributed by atoms with E-state index in [-0.39, 0.29) is 6.04 Å². The van der Waals surface area contributed by atoms with Crippen LogP contribution < -0.4 is 5.73 Å². The molecule has 21 heavy (non-hydrogen) atoms. The predicted octanol–water partition coefficient (Wildman–Crippen LogP) is 3.10. The Morgan fingerprint density at radius 2 is 1.76 bits per heavy atom. The Morgan fingerprint density at radius 3 is 2.33 bits per heavy atom. The number of nitrogens with two attached hydrogens (primary N) is 1. The second kappa shape index (κ2) is 6.39. The van der Waals surface area contributed by atoms with Crippen LogP contribution in [0.5, 0.6) is 0 Å². The Morgan fingerprint density at radius 1 is 1.14 bits per heavy atom. The van der Waals surface area contributed by atoms with E-state index < -0.39 is 0 Å². The van der Waals surface area contributed by atoms with Gasteiger partial charge in [0, 0.05) is 19.0 Å². The van der Waals surface area contributed by atoms with Gasteiger partial charge in [-0.3, -0.25) is 0 Å². The molecule has 0 aliphatic carbocycles. The van der Waals surface area contributed by atoms with Crippen LogP contribution in [0.15, 0.2) is 18.5 Å². The molecule has 2 aromatic rings. The van der Waals surface area contributed by atoms with Crippen molar-refractivity contribution in [2.24, 2.45) is 11.7 Å². The average molecular weight is 286 g/mol. The van der Waals surface area contributed by atoms with Gasteiger partial charge in [-0.1, -0.05) is 31.5 Å². The van der Waals surface area contributed by atoms with Crippen molar-refractivity contribution in [3.63, 3.8) is 0 Å². The first kappa shape index (κ1) is 15.7. The lowest BCUT2D eigenvalue weighted by molar-refractivity contribution is 0.459. The van der Waals surface area contributed by atoms with Crippen LogP contribution in [0.2, 0.25) is 0 Å². The van der Waals surface area contributed by atoms with E-state index in [0.29, 0.717) is 5.92 Å². The van der Waals surface area contributed by atoms with E-state index in [4.69, 9.17) is 5.73 Å². The van der Waals surface area contributed by atoms with Crippen molar-refractivity contribution in [3.8, 4) is 0 Å². The van der Waals surface area contributed by atoms with Gasteiger partial charge >= 0.3 is 0 Å². The highest BCUT2D eigenvalue weighted by Gasteiger charge is 2.16. The van der Waals surface area contributed by atoms with E-state index in [2.05, 4.69) is 56.8 Å². The maximum Gasteiger partial charge on any atom is 0.138 e. The minimum atomic E-state index is -0.0410. The van der Waals surface area contributed by atoms with Crippen molar-refractivity contribution >= 4 is 0 Å². The third kappa shape index (κ3) is 3.70. The summed E-state index contributed by atoms with van der Waals surface area (Å²) in [7, 11) is 0. The van der Waals surface area contributed by atoms with Crippen molar-refractivity contribution in [2.45, 2.75) is 53.6 Å². The smallest absolute Gasteiger partial charge is 0.138 e. The molecular weight excluding hydrogens is 260 g/mol. The zero-order chi connectivity index (χ0) is 15.6. The second-order valence-corrected chi connectivity index (χ2v) is 6.38. The predicted molar refractivity (Wildman–Crippen MR) is 86.1 cm³/mol. The molecule has 0 fully saturated rings. The summed E-state index contributed by atoms with van der Waals surface area (Å²) in [6, 6.07) is 4.35. The molecule has 114 valence electrons. The molecule has 4 nitrogen and oxygen atoms in total. The van der Waals surface area contributed by atoms with E-state index >= 15 is 0 Å². The zero-order valence-electron chi connectivity index (χ0n) is 13.7. The third-order valence-corrected chi connectivity index (χ3v) is 3.75. The second-order valence-electron chi connectivity index (χ2n) is 6.38. The maximum atomic E-state index is 6.46. The quantitative estimate of drug-likeness (QED) is 0.919. The molecule has 0 amide bonds. The van der Waals surface area contributed by atoms with Crippen LogP contribution in [0.3, 0.4) is 0 Å². The van der Waals surface area contributed by atoms with Crippen LogP contribution in [0.1, 0.15) is 48.0 Å². The Kier molecular flexibility index (Phi) is 4.78. The molecular formula is C17H26N4. The molecule has 0 radical (unpaired) electrons. The fraction of sp³-hybridized carbons (Fsp3) is 0.529. The summed E-state index contributed by atoms with van der Waals surface area (Å²) in [5.74, 6) is 1.51. The van der Waals surface area contributed by atoms with Crippen molar-refractivity contribution in [2.75, 3.05) is 0 Å². The SMILES string of the molecule is Cc1cc(C)c(C(N)Cc2ncnn2CC(C)C)c(C)c1. The Hall–Kier alpha value is -1.68. The third-order valence-electron chi connectivity index (χ3n) is 3.75. The van der Waals surface area contributed by atoms with E-state index in [0.717, 1.165) is 18.8 Å². The topological polar surface area (TPSA) is 56.7 Å². The number of rotatable bonds is 5. The van der Waals surface area contributed by atoms with Gasteiger partial charge in [-0.2, -0.15) is 5.10 Å². The van der Waals surface area contributed by atoms with Gasteiger partial charge in [-0.25, -0.2) is 9.67 Å². The van der Waals surface area contributed by atoms with Gasteiger partial charge in [-0.05, 0) is 43.4 Å². The first-order chi connectivity index (χ1) is 9.88. The average Bonchev–Trinajstić information content (AvgIpc) is 2.74. The highest BCUT2D eigenvalue weighted by Crippen LogP contribution is 2.24. The largest absolute Gasteiger partial charge is 0.324 e. The van der Waals surface area contributed by atoms with E-state index in [1.54, 1.807) is 6.33 Å². The van der Waals surface area contributed by atoms with Gasteiger partial charge in [0.05, 0.1) is 0 Å². The van der Waals surface area contributed by atoms with Crippen LogP contribution in [-0.4, -0.2) is 14.8 Å². The lowest BCUT2D eigenvalue weighted by atomic mass is 9.93. The van der Waals surface area contributed by atoms with Crippen LogP contribution in [-0.2, 0) is 13.0 Å².